The highest BCUT2D eigenvalue weighted by molar-refractivity contribution is 7.10. The number of carboxylic acid groups (broad SMARTS) is 1. The SMILES string of the molecule is CCc1ccsc1CNC(=O)NCC1CCCC1C(=O)O. The molecule has 2 rings (SSSR count). The lowest BCUT2D eigenvalue weighted by molar-refractivity contribution is -0.142. The van der Waals surface area contributed by atoms with Crippen LogP contribution in [0.1, 0.15) is 36.6 Å². The molecule has 6 heteroatoms. The zero-order valence-electron chi connectivity index (χ0n) is 12.2. The number of hydrogen-bond acceptors (Lipinski definition) is 3. The van der Waals surface area contributed by atoms with Gasteiger partial charge in [-0.25, -0.2) is 4.79 Å². The van der Waals surface area contributed by atoms with Gasteiger partial charge in [0.05, 0.1) is 12.5 Å². The molecule has 2 unspecified atom stereocenters. The predicted octanol–water partition coefficient (Wildman–Crippen LogP) is 2.61. The highest BCUT2D eigenvalue weighted by atomic mass is 32.1. The molecule has 1 saturated carbocycles. The van der Waals surface area contributed by atoms with E-state index < -0.39 is 5.97 Å². The van der Waals surface area contributed by atoms with Gasteiger partial charge in [-0.15, -0.1) is 11.3 Å². The number of carbonyl (C=O) groups excluding carboxylic acids is 1. The zero-order valence-corrected chi connectivity index (χ0v) is 13.0. The number of aliphatic carboxylic acids is 1. The lowest BCUT2D eigenvalue weighted by Gasteiger charge is -2.16. The van der Waals surface area contributed by atoms with E-state index in [4.69, 9.17) is 5.11 Å². The molecule has 1 fully saturated rings. The lowest BCUT2D eigenvalue weighted by atomic mass is 9.96. The number of urea groups is 1. The summed E-state index contributed by atoms with van der Waals surface area (Å²) in [6.07, 6.45) is 3.49. The maximum atomic E-state index is 11.8. The third-order valence-corrected chi connectivity index (χ3v) is 5.09. The molecule has 1 heterocycles. The van der Waals surface area contributed by atoms with E-state index in [1.54, 1.807) is 11.3 Å². The molecule has 0 bridgehead atoms. The standard InChI is InChI=1S/C15H22N2O3S/c1-2-10-6-7-21-13(10)9-17-15(20)16-8-11-4-3-5-12(11)14(18)19/h6-7,11-12H,2-5,8-9H2,1H3,(H,18,19)(H2,16,17,20). The second-order valence-corrected chi connectivity index (χ2v) is 6.42. The molecule has 0 radical (unpaired) electrons. The molecule has 0 aromatic carbocycles. The number of nitrogens with one attached hydrogen (secondary N) is 2. The van der Waals surface area contributed by atoms with Crippen molar-refractivity contribution in [2.75, 3.05) is 6.54 Å². The molecule has 0 spiro atoms. The van der Waals surface area contributed by atoms with Crippen LogP contribution in [0.2, 0.25) is 0 Å². The van der Waals surface area contributed by atoms with Gasteiger partial charge in [0, 0.05) is 11.4 Å². The molecule has 1 aromatic rings. The zero-order chi connectivity index (χ0) is 15.2. The van der Waals surface area contributed by atoms with E-state index >= 15 is 0 Å². The highest BCUT2D eigenvalue weighted by Crippen LogP contribution is 2.31. The van der Waals surface area contributed by atoms with Crippen LogP contribution in [-0.4, -0.2) is 23.7 Å². The Balaban J connectivity index is 1.74. The third kappa shape index (κ3) is 4.20. The molecule has 1 aliphatic rings. The minimum Gasteiger partial charge on any atom is -0.481 e. The summed E-state index contributed by atoms with van der Waals surface area (Å²) in [6, 6.07) is 1.86. The Hall–Kier alpha value is -1.56. The van der Waals surface area contributed by atoms with Crippen molar-refractivity contribution in [3.63, 3.8) is 0 Å². The van der Waals surface area contributed by atoms with Crippen molar-refractivity contribution in [2.45, 2.75) is 39.2 Å². The quantitative estimate of drug-likeness (QED) is 0.755. The molecule has 0 saturated heterocycles. The fraction of sp³-hybridized carbons (Fsp3) is 0.600. The van der Waals surface area contributed by atoms with Gasteiger partial charge in [-0.3, -0.25) is 4.79 Å². The number of aryl methyl sites for hydroxylation is 1. The minimum atomic E-state index is -0.745. The van der Waals surface area contributed by atoms with Crippen LogP contribution in [0, 0.1) is 11.8 Å². The molecule has 1 aromatic heterocycles. The van der Waals surface area contributed by atoms with E-state index in [0.717, 1.165) is 25.7 Å². The van der Waals surface area contributed by atoms with Crippen molar-refractivity contribution < 1.29 is 14.7 Å². The van der Waals surface area contributed by atoms with Gasteiger partial charge in [0.15, 0.2) is 0 Å². The summed E-state index contributed by atoms with van der Waals surface area (Å²) in [5.74, 6) is -0.999. The molecule has 0 aliphatic heterocycles. The number of rotatable bonds is 6. The van der Waals surface area contributed by atoms with E-state index in [0.29, 0.717) is 13.1 Å². The average Bonchev–Trinajstić information content (AvgIpc) is 3.11. The summed E-state index contributed by atoms with van der Waals surface area (Å²) in [4.78, 5) is 24.1. The fourth-order valence-corrected chi connectivity index (χ4v) is 3.81. The minimum absolute atomic E-state index is 0.0567. The van der Waals surface area contributed by atoms with Crippen LogP contribution in [0.5, 0.6) is 0 Å². The smallest absolute Gasteiger partial charge is 0.315 e. The van der Waals surface area contributed by atoms with Crippen molar-refractivity contribution in [3.8, 4) is 0 Å². The van der Waals surface area contributed by atoms with E-state index in [-0.39, 0.29) is 17.9 Å². The largest absolute Gasteiger partial charge is 0.481 e. The second kappa shape index (κ2) is 7.45. The van der Waals surface area contributed by atoms with Gasteiger partial charge >= 0.3 is 12.0 Å². The number of carboxylic acids is 1. The van der Waals surface area contributed by atoms with Crippen LogP contribution >= 0.6 is 11.3 Å². The molecular weight excluding hydrogens is 288 g/mol. The molecule has 2 amide bonds. The third-order valence-electron chi connectivity index (χ3n) is 4.13. The Morgan fingerprint density at radius 3 is 2.90 bits per heavy atom. The summed E-state index contributed by atoms with van der Waals surface area (Å²) in [7, 11) is 0. The first-order valence-corrected chi connectivity index (χ1v) is 8.29. The van der Waals surface area contributed by atoms with Gasteiger partial charge in [0.1, 0.15) is 0 Å². The summed E-state index contributed by atoms with van der Waals surface area (Å²) >= 11 is 1.64. The summed E-state index contributed by atoms with van der Waals surface area (Å²) in [6.45, 7) is 3.06. The molecule has 3 N–H and O–H groups in total. The number of carbonyl (C=O) groups is 2. The van der Waals surface area contributed by atoms with Gasteiger partial charge in [0.2, 0.25) is 0 Å². The number of hydrogen-bond donors (Lipinski definition) is 3. The van der Waals surface area contributed by atoms with Gasteiger partial charge in [-0.05, 0) is 42.2 Å². The molecule has 2 atom stereocenters. The summed E-state index contributed by atoms with van der Waals surface area (Å²) in [5.41, 5.74) is 1.27. The highest BCUT2D eigenvalue weighted by Gasteiger charge is 2.32. The Kier molecular flexibility index (Phi) is 5.61. The monoisotopic (exact) mass is 310 g/mol. The summed E-state index contributed by atoms with van der Waals surface area (Å²) < 4.78 is 0. The molecule has 116 valence electrons. The lowest BCUT2D eigenvalue weighted by Crippen LogP contribution is -2.39. The van der Waals surface area contributed by atoms with Crippen LogP contribution in [0.25, 0.3) is 0 Å². The van der Waals surface area contributed by atoms with Crippen LogP contribution in [0.4, 0.5) is 4.79 Å². The maximum Gasteiger partial charge on any atom is 0.315 e. The normalized spacial score (nSPS) is 21.2. The van der Waals surface area contributed by atoms with Crippen LogP contribution in [-0.2, 0) is 17.8 Å². The first-order chi connectivity index (χ1) is 10.1. The number of thiophene rings is 1. The van der Waals surface area contributed by atoms with Crippen molar-refractivity contribution in [3.05, 3.63) is 21.9 Å². The Bertz CT molecular complexity index is 501. The van der Waals surface area contributed by atoms with Crippen molar-refractivity contribution in [1.82, 2.24) is 10.6 Å². The van der Waals surface area contributed by atoms with Crippen LogP contribution in [0.15, 0.2) is 11.4 Å². The van der Waals surface area contributed by atoms with Crippen LogP contribution < -0.4 is 10.6 Å². The van der Waals surface area contributed by atoms with Gasteiger partial charge in [-0.1, -0.05) is 13.3 Å². The fourth-order valence-electron chi connectivity index (χ4n) is 2.89. The topological polar surface area (TPSA) is 78.4 Å². The Labute approximate surface area is 128 Å². The van der Waals surface area contributed by atoms with E-state index in [1.165, 1.54) is 10.4 Å². The summed E-state index contributed by atoms with van der Waals surface area (Å²) in [5, 5.41) is 16.8. The molecule has 5 nitrogen and oxygen atoms in total. The van der Waals surface area contributed by atoms with Gasteiger partial charge < -0.3 is 15.7 Å². The Morgan fingerprint density at radius 1 is 1.38 bits per heavy atom. The Morgan fingerprint density at radius 2 is 2.19 bits per heavy atom. The van der Waals surface area contributed by atoms with E-state index in [2.05, 4.69) is 23.6 Å². The van der Waals surface area contributed by atoms with E-state index in [9.17, 15) is 9.59 Å². The van der Waals surface area contributed by atoms with E-state index in [1.807, 2.05) is 5.38 Å². The van der Waals surface area contributed by atoms with Crippen molar-refractivity contribution in [1.29, 1.82) is 0 Å². The maximum absolute atomic E-state index is 11.8. The first kappa shape index (κ1) is 15.8. The predicted molar refractivity (Wildman–Crippen MR) is 82.4 cm³/mol. The molecule has 1 aliphatic carbocycles. The first-order valence-electron chi connectivity index (χ1n) is 7.41. The average molecular weight is 310 g/mol. The number of amides is 2. The molecular formula is C15H22N2O3S. The van der Waals surface area contributed by atoms with Gasteiger partial charge in [0.25, 0.3) is 0 Å². The molecule has 21 heavy (non-hydrogen) atoms. The van der Waals surface area contributed by atoms with Crippen LogP contribution in [0.3, 0.4) is 0 Å². The van der Waals surface area contributed by atoms with Gasteiger partial charge in [-0.2, -0.15) is 0 Å². The van der Waals surface area contributed by atoms with Crippen molar-refractivity contribution >= 4 is 23.3 Å². The van der Waals surface area contributed by atoms with Crippen molar-refractivity contribution in [2.24, 2.45) is 11.8 Å². The second-order valence-electron chi connectivity index (χ2n) is 5.42.